The first-order chi connectivity index (χ1) is 9.32. The molecule has 1 aromatic rings. The number of hydrogen-bond acceptors (Lipinski definition) is 3. The van der Waals surface area contributed by atoms with E-state index in [4.69, 9.17) is 0 Å². The molecule has 0 aliphatic heterocycles. The summed E-state index contributed by atoms with van der Waals surface area (Å²) in [6, 6.07) is 4.04. The van der Waals surface area contributed by atoms with E-state index in [-0.39, 0.29) is 17.4 Å². The predicted octanol–water partition coefficient (Wildman–Crippen LogP) is 1.92. The first kappa shape index (κ1) is 15.4. The molecule has 1 aliphatic rings. The van der Waals surface area contributed by atoms with Crippen molar-refractivity contribution in [3.63, 3.8) is 0 Å². The van der Waals surface area contributed by atoms with Gasteiger partial charge in [0, 0.05) is 13.6 Å². The molecule has 2 rings (SSSR count). The van der Waals surface area contributed by atoms with E-state index in [9.17, 15) is 17.9 Å². The average molecular weight is 301 g/mol. The fraction of sp³-hybridized carbons (Fsp3) is 0.571. The maximum Gasteiger partial charge on any atom is 0.245 e. The van der Waals surface area contributed by atoms with Crippen molar-refractivity contribution < 1.29 is 17.9 Å². The highest BCUT2D eigenvalue weighted by atomic mass is 32.2. The zero-order valence-corrected chi connectivity index (χ0v) is 12.5. The molecule has 20 heavy (non-hydrogen) atoms. The van der Waals surface area contributed by atoms with Crippen molar-refractivity contribution in [3.8, 4) is 0 Å². The number of aliphatic hydroxyl groups excluding tert-OH is 1. The Morgan fingerprint density at radius 3 is 2.70 bits per heavy atom. The number of hydrogen-bond donors (Lipinski definition) is 1. The van der Waals surface area contributed by atoms with Gasteiger partial charge in [0.2, 0.25) is 10.0 Å². The Morgan fingerprint density at radius 1 is 1.40 bits per heavy atom. The Balaban J connectivity index is 2.23. The van der Waals surface area contributed by atoms with Gasteiger partial charge in [-0.2, -0.15) is 0 Å². The van der Waals surface area contributed by atoms with Gasteiger partial charge in [0.1, 0.15) is 10.7 Å². The van der Waals surface area contributed by atoms with Gasteiger partial charge >= 0.3 is 0 Å². The van der Waals surface area contributed by atoms with Gasteiger partial charge in [-0.25, -0.2) is 17.1 Å². The van der Waals surface area contributed by atoms with Crippen molar-refractivity contribution in [3.05, 3.63) is 29.6 Å². The summed E-state index contributed by atoms with van der Waals surface area (Å²) in [6.07, 6.45) is 1.95. The van der Waals surface area contributed by atoms with Crippen LogP contribution in [0.4, 0.5) is 4.39 Å². The van der Waals surface area contributed by atoms with Crippen LogP contribution in [0.3, 0.4) is 0 Å². The fourth-order valence-corrected chi connectivity index (χ4v) is 4.01. The third kappa shape index (κ3) is 3.02. The number of sulfonamides is 1. The summed E-state index contributed by atoms with van der Waals surface area (Å²) >= 11 is 0. The highest BCUT2D eigenvalue weighted by molar-refractivity contribution is 7.89. The Hall–Kier alpha value is -0.980. The van der Waals surface area contributed by atoms with E-state index >= 15 is 0 Å². The van der Waals surface area contributed by atoms with Gasteiger partial charge in [-0.05, 0) is 43.4 Å². The number of halogens is 1. The lowest BCUT2D eigenvalue weighted by atomic mass is 10.1. The SMILES string of the molecule is Cc1ccc(F)c(S(=O)(=O)N(C)CC2CCCC2O)c1. The van der Waals surface area contributed by atoms with E-state index < -0.39 is 21.9 Å². The zero-order valence-electron chi connectivity index (χ0n) is 11.7. The largest absolute Gasteiger partial charge is 0.393 e. The van der Waals surface area contributed by atoms with E-state index in [2.05, 4.69) is 0 Å². The van der Waals surface area contributed by atoms with Crippen LogP contribution in [-0.2, 0) is 10.0 Å². The van der Waals surface area contributed by atoms with E-state index in [0.717, 1.165) is 17.1 Å². The third-order valence-electron chi connectivity index (χ3n) is 3.89. The smallest absolute Gasteiger partial charge is 0.245 e. The zero-order chi connectivity index (χ0) is 14.9. The molecule has 2 unspecified atom stereocenters. The lowest BCUT2D eigenvalue weighted by Gasteiger charge is -2.23. The normalized spacial score (nSPS) is 23.4. The molecule has 0 radical (unpaired) electrons. The van der Waals surface area contributed by atoms with Gasteiger partial charge in [-0.1, -0.05) is 12.5 Å². The van der Waals surface area contributed by atoms with Crippen molar-refractivity contribution in [2.24, 2.45) is 5.92 Å². The molecule has 1 saturated carbocycles. The van der Waals surface area contributed by atoms with Gasteiger partial charge in [0.25, 0.3) is 0 Å². The molecule has 1 aromatic carbocycles. The minimum atomic E-state index is -3.86. The molecule has 0 heterocycles. The molecule has 1 fully saturated rings. The Morgan fingerprint density at radius 2 is 2.10 bits per heavy atom. The molecular formula is C14H20FNO3S. The Bertz CT molecular complexity index is 588. The van der Waals surface area contributed by atoms with Crippen molar-refractivity contribution in [2.45, 2.75) is 37.2 Å². The van der Waals surface area contributed by atoms with Gasteiger partial charge < -0.3 is 5.11 Å². The molecule has 0 spiro atoms. The molecule has 0 bridgehead atoms. The fourth-order valence-electron chi connectivity index (χ4n) is 2.63. The number of aryl methyl sites for hydroxylation is 1. The summed E-state index contributed by atoms with van der Waals surface area (Å²) in [4.78, 5) is -0.299. The second kappa shape index (κ2) is 5.79. The van der Waals surface area contributed by atoms with Crippen molar-refractivity contribution in [2.75, 3.05) is 13.6 Å². The van der Waals surface area contributed by atoms with Crippen LogP contribution in [0.2, 0.25) is 0 Å². The maximum absolute atomic E-state index is 13.8. The quantitative estimate of drug-likeness (QED) is 0.924. The van der Waals surface area contributed by atoms with Crippen molar-refractivity contribution in [1.29, 1.82) is 0 Å². The molecule has 6 heteroatoms. The van der Waals surface area contributed by atoms with Crippen LogP contribution in [-0.4, -0.2) is 37.5 Å². The van der Waals surface area contributed by atoms with Crippen LogP contribution in [0.1, 0.15) is 24.8 Å². The summed E-state index contributed by atoms with van der Waals surface area (Å²) < 4.78 is 39.7. The standard InChI is InChI=1S/C14H20FNO3S/c1-10-6-7-12(15)14(8-10)20(18,19)16(2)9-11-4-3-5-13(11)17/h6-8,11,13,17H,3-5,9H2,1-2H3. The van der Waals surface area contributed by atoms with Gasteiger partial charge in [0.05, 0.1) is 6.10 Å². The van der Waals surface area contributed by atoms with E-state index in [1.165, 1.54) is 25.2 Å². The van der Waals surface area contributed by atoms with Crippen LogP contribution in [0.15, 0.2) is 23.1 Å². The van der Waals surface area contributed by atoms with Gasteiger partial charge in [-0.15, -0.1) is 0 Å². The van der Waals surface area contributed by atoms with Crippen LogP contribution in [0.25, 0.3) is 0 Å². The van der Waals surface area contributed by atoms with Crippen LogP contribution in [0.5, 0.6) is 0 Å². The van der Waals surface area contributed by atoms with E-state index in [1.54, 1.807) is 6.92 Å². The van der Waals surface area contributed by atoms with Crippen LogP contribution < -0.4 is 0 Å². The Labute approximate surface area is 119 Å². The molecule has 1 aliphatic carbocycles. The van der Waals surface area contributed by atoms with Crippen LogP contribution >= 0.6 is 0 Å². The summed E-state index contributed by atoms with van der Waals surface area (Å²) in [5.74, 6) is -0.808. The summed E-state index contributed by atoms with van der Waals surface area (Å²) in [7, 11) is -2.42. The molecule has 0 amide bonds. The first-order valence-corrected chi connectivity index (χ1v) is 8.17. The number of aliphatic hydroxyl groups is 1. The van der Waals surface area contributed by atoms with Gasteiger partial charge in [0.15, 0.2) is 0 Å². The number of nitrogens with zero attached hydrogens (tertiary/aromatic N) is 1. The van der Waals surface area contributed by atoms with Crippen molar-refractivity contribution in [1.82, 2.24) is 4.31 Å². The number of rotatable bonds is 4. The molecule has 2 atom stereocenters. The summed E-state index contributed by atoms with van der Waals surface area (Å²) in [5.41, 5.74) is 0.694. The average Bonchev–Trinajstić information content (AvgIpc) is 2.78. The summed E-state index contributed by atoms with van der Waals surface area (Å²) in [6.45, 7) is 1.94. The molecular weight excluding hydrogens is 281 g/mol. The van der Waals surface area contributed by atoms with Crippen molar-refractivity contribution >= 4 is 10.0 Å². The van der Waals surface area contributed by atoms with E-state index in [0.29, 0.717) is 12.0 Å². The van der Waals surface area contributed by atoms with Gasteiger partial charge in [-0.3, -0.25) is 0 Å². The molecule has 1 N–H and O–H groups in total. The first-order valence-electron chi connectivity index (χ1n) is 6.73. The van der Waals surface area contributed by atoms with E-state index in [1.807, 2.05) is 0 Å². The summed E-state index contributed by atoms with van der Waals surface area (Å²) in [5, 5.41) is 9.78. The molecule has 112 valence electrons. The highest BCUT2D eigenvalue weighted by Gasteiger charge is 2.31. The topological polar surface area (TPSA) is 57.6 Å². The third-order valence-corrected chi connectivity index (χ3v) is 5.72. The lowest BCUT2D eigenvalue weighted by molar-refractivity contribution is 0.123. The predicted molar refractivity (Wildman–Crippen MR) is 74.3 cm³/mol. The highest BCUT2D eigenvalue weighted by Crippen LogP contribution is 2.28. The molecule has 0 saturated heterocycles. The molecule has 4 nitrogen and oxygen atoms in total. The van der Waals surface area contributed by atoms with Crippen LogP contribution in [0, 0.1) is 18.7 Å². The Kier molecular flexibility index (Phi) is 4.46. The number of benzene rings is 1. The molecule has 0 aromatic heterocycles. The second-order valence-corrected chi connectivity index (χ2v) is 7.49. The lowest BCUT2D eigenvalue weighted by Crippen LogP contribution is -2.35. The minimum Gasteiger partial charge on any atom is -0.393 e. The second-order valence-electron chi connectivity index (χ2n) is 5.48. The minimum absolute atomic E-state index is 0.0670. The monoisotopic (exact) mass is 301 g/mol. The maximum atomic E-state index is 13.8.